The van der Waals surface area contributed by atoms with Crippen LogP contribution in [0, 0.1) is 20.8 Å². The Hall–Kier alpha value is -1.93. The Morgan fingerprint density at radius 1 is 1.21 bits per heavy atom. The number of nitrogens with one attached hydrogen (secondary N) is 1. The molecule has 0 bridgehead atoms. The van der Waals surface area contributed by atoms with Crippen LogP contribution in [-0.2, 0) is 6.54 Å². The third kappa shape index (κ3) is 3.29. The van der Waals surface area contributed by atoms with E-state index in [4.69, 9.17) is 4.42 Å². The number of rotatable bonds is 4. The van der Waals surface area contributed by atoms with Crippen LogP contribution in [0.5, 0.6) is 0 Å². The minimum atomic E-state index is 0.0630. The standard InChI is InChI=1S/C16H23N5O2S/c1-10-12(3)23-13(18-10)9-20-5-7-21(8-6-20)16(22)14-11(2)19-24-15(14)17-4/h17H,5-9H2,1-4H3. The zero-order valence-corrected chi connectivity index (χ0v) is 15.4. The topological polar surface area (TPSA) is 74.5 Å². The Morgan fingerprint density at radius 3 is 2.50 bits per heavy atom. The van der Waals surface area contributed by atoms with Gasteiger partial charge in [-0.1, -0.05) is 0 Å². The highest BCUT2D eigenvalue weighted by Gasteiger charge is 2.27. The van der Waals surface area contributed by atoms with Crippen molar-refractivity contribution in [1.29, 1.82) is 0 Å². The van der Waals surface area contributed by atoms with Gasteiger partial charge in [0.1, 0.15) is 10.8 Å². The van der Waals surface area contributed by atoms with E-state index in [2.05, 4.69) is 19.6 Å². The minimum absolute atomic E-state index is 0.0630. The van der Waals surface area contributed by atoms with Gasteiger partial charge in [-0.05, 0) is 32.3 Å². The molecule has 2 aromatic heterocycles. The number of nitrogens with zero attached hydrogens (tertiary/aromatic N) is 4. The van der Waals surface area contributed by atoms with Crippen molar-refractivity contribution in [2.75, 3.05) is 38.5 Å². The molecule has 0 spiro atoms. The van der Waals surface area contributed by atoms with Gasteiger partial charge in [0, 0.05) is 33.2 Å². The van der Waals surface area contributed by atoms with E-state index in [-0.39, 0.29) is 5.91 Å². The Bertz CT molecular complexity index is 711. The Balaban J connectivity index is 1.60. The van der Waals surface area contributed by atoms with Crippen LogP contribution in [0.1, 0.15) is 33.4 Å². The molecule has 1 aliphatic heterocycles. The molecule has 2 aromatic rings. The molecule has 0 saturated carbocycles. The highest BCUT2D eigenvalue weighted by molar-refractivity contribution is 7.10. The van der Waals surface area contributed by atoms with Crippen LogP contribution in [0.25, 0.3) is 0 Å². The molecule has 1 amide bonds. The second kappa shape index (κ2) is 6.90. The number of carbonyl (C=O) groups is 1. The van der Waals surface area contributed by atoms with Gasteiger partial charge in [-0.25, -0.2) is 4.98 Å². The lowest BCUT2D eigenvalue weighted by molar-refractivity contribution is 0.0618. The maximum absolute atomic E-state index is 12.8. The van der Waals surface area contributed by atoms with Crippen LogP contribution in [-0.4, -0.2) is 58.3 Å². The van der Waals surface area contributed by atoms with Crippen molar-refractivity contribution in [3.63, 3.8) is 0 Å². The summed E-state index contributed by atoms with van der Waals surface area (Å²) in [6.45, 7) is 9.50. The molecule has 0 aromatic carbocycles. The van der Waals surface area contributed by atoms with Crippen molar-refractivity contribution in [2.24, 2.45) is 0 Å². The SMILES string of the molecule is CNc1snc(C)c1C(=O)N1CCN(Cc2nc(C)c(C)o2)CC1. The molecule has 7 nitrogen and oxygen atoms in total. The van der Waals surface area contributed by atoms with E-state index in [1.54, 1.807) is 0 Å². The first-order valence-corrected chi connectivity index (χ1v) is 8.85. The molecule has 130 valence electrons. The fourth-order valence-electron chi connectivity index (χ4n) is 2.86. The van der Waals surface area contributed by atoms with Gasteiger partial charge in [0.05, 0.1) is 23.5 Å². The van der Waals surface area contributed by atoms with Gasteiger partial charge in [0.2, 0.25) is 5.89 Å². The lowest BCUT2D eigenvalue weighted by atomic mass is 10.2. The zero-order chi connectivity index (χ0) is 17.3. The number of carbonyl (C=O) groups excluding carboxylic acids is 1. The number of hydrogen-bond donors (Lipinski definition) is 1. The van der Waals surface area contributed by atoms with Gasteiger partial charge >= 0.3 is 0 Å². The van der Waals surface area contributed by atoms with Gasteiger partial charge in [-0.15, -0.1) is 0 Å². The van der Waals surface area contributed by atoms with Gasteiger partial charge in [-0.2, -0.15) is 4.37 Å². The first-order chi connectivity index (χ1) is 11.5. The molecular formula is C16H23N5O2S. The molecule has 1 fully saturated rings. The van der Waals surface area contributed by atoms with Crippen LogP contribution >= 0.6 is 11.5 Å². The largest absolute Gasteiger partial charge is 0.444 e. The summed E-state index contributed by atoms with van der Waals surface area (Å²) in [6, 6.07) is 0. The smallest absolute Gasteiger partial charge is 0.258 e. The summed E-state index contributed by atoms with van der Waals surface area (Å²) in [7, 11) is 1.82. The van der Waals surface area contributed by atoms with Crippen LogP contribution in [0.15, 0.2) is 4.42 Å². The summed E-state index contributed by atoms with van der Waals surface area (Å²) in [5.74, 6) is 1.69. The Labute approximate surface area is 145 Å². The van der Waals surface area contributed by atoms with Crippen LogP contribution in [0.3, 0.4) is 0 Å². The zero-order valence-electron chi connectivity index (χ0n) is 14.5. The molecule has 1 N–H and O–H groups in total. The van der Waals surface area contributed by atoms with Crippen molar-refractivity contribution in [1.82, 2.24) is 19.2 Å². The van der Waals surface area contributed by atoms with Crippen molar-refractivity contribution < 1.29 is 9.21 Å². The Kier molecular flexibility index (Phi) is 4.86. The molecule has 1 aliphatic rings. The van der Waals surface area contributed by atoms with Crippen molar-refractivity contribution >= 4 is 22.4 Å². The van der Waals surface area contributed by atoms with E-state index < -0.39 is 0 Å². The molecular weight excluding hydrogens is 326 g/mol. The molecule has 0 aliphatic carbocycles. The molecule has 0 atom stereocenters. The van der Waals surface area contributed by atoms with Gasteiger partial charge in [0.25, 0.3) is 5.91 Å². The van der Waals surface area contributed by atoms with Gasteiger partial charge in [-0.3, -0.25) is 9.69 Å². The van der Waals surface area contributed by atoms with Crippen LogP contribution in [0.2, 0.25) is 0 Å². The summed E-state index contributed by atoms with van der Waals surface area (Å²) < 4.78 is 9.93. The summed E-state index contributed by atoms with van der Waals surface area (Å²) >= 11 is 1.33. The molecule has 8 heteroatoms. The third-order valence-electron chi connectivity index (χ3n) is 4.39. The van der Waals surface area contributed by atoms with Crippen molar-refractivity contribution in [3.8, 4) is 0 Å². The quantitative estimate of drug-likeness (QED) is 0.911. The maximum Gasteiger partial charge on any atom is 0.258 e. The predicted molar refractivity (Wildman–Crippen MR) is 93.6 cm³/mol. The number of aromatic nitrogens is 2. The number of aryl methyl sites for hydroxylation is 3. The molecule has 24 heavy (non-hydrogen) atoms. The summed E-state index contributed by atoms with van der Waals surface area (Å²) in [6.07, 6.45) is 0. The molecule has 3 heterocycles. The average molecular weight is 349 g/mol. The molecule has 0 unspecified atom stereocenters. The lowest BCUT2D eigenvalue weighted by Crippen LogP contribution is -2.48. The fourth-order valence-corrected chi connectivity index (χ4v) is 3.59. The van der Waals surface area contributed by atoms with E-state index in [9.17, 15) is 4.79 Å². The number of anilines is 1. The third-order valence-corrected chi connectivity index (χ3v) is 5.35. The second-order valence-electron chi connectivity index (χ2n) is 6.04. The predicted octanol–water partition coefficient (Wildman–Crippen LogP) is 2.06. The normalized spacial score (nSPS) is 15.8. The first-order valence-electron chi connectivity index (χ1n) is 8.08. The first kappa shape index (κ1) is 16.9. The monoisotopic (exact) mass is 349 g/mol. The summed E-state index contributed by atoms with van der Waals surface area (Å²) in [5, 5.41) is 3.90. The lowest BCUT2D eigenvalue weighted by Gasteiger charge is -2.34. The Morgan fingerprint density at radius 2 is 1.92 bits per heavy atom. The van der Waals surface area contributed by atoms with E-state index in [0.29, 0.717) is 25.2 Å². The maximum atomic E-state index is 12.8. The van der Waals surface area contributed by atoms with Crippen LogP contribution < -0.4 is 5.32 Å². The summed E-state index contributed by atoms with van der Waals surface area (Å²) in [5.41, 5.74) is 2.44. The highest BCUT2D eigenvalue weighted by Crippen LogP contribution is 2.26. The van der Waals surface area contributed by atoms with Crippen molar-refractivity contribution in [3.05, 3.63) is 28.6 Å². The van der Waals surface area contributed by atoms with Crippen LogP contribution in [0.4, 0.5) is 5.00 Å². The van der Waals surface area contributed by atoms with E-state index in [0.717, 1.165) is 41.1 Å². The number of piperazine rings is 1. The van der Waals surface area contributed by atoms with E-state index in [1.807, 2.05) is 32.7 Å². The highest BCUT2D eigenvalue weighted by atomic mass is 32.1. The minimum Gasteiger partial charge on any atom is -0.444 e. The molecule has 1 saturated heterocycles. The number of oxazole rings is 1. The number of amides is 1. The number of hydrogen-bond acceptors (Lipinski definition) is 7. The van der Waals surface area contributed by atoms with Gasteiger partial charge in [0.15, 0.2) is 0 Å². The fraction of sp³-hybridized carbons (Fsp3) is 0.562. The summed E-state index contributed by atoms with van der Waals surface area (Å²) in [4.78, 5) is 21.4. The van der Waals surface area contributed by atoms with E-state index in [1.165, 1.54) is 11.5 Å². The van der Waals surface area contributed by atoms with Crippen molar-refractivity contribution in [2.45, 2.75) is 27.3 Å². The van der Waals surface area contributed by atoms with Gasteiger partial charge < -0.3 is 14.6 Å². The second-order valence-corrected chi connectivity index (χ2v) is 6.81. The molecule has 0 radical (unpaired) electrons. The van der Waals surface area contributed by atoms with E-state index >= 15 is 0 Å². The average Bonchev–Trinajstić information content (AvgIpc) is 3.09. The molecule has 3 rings (SSSR count).